The van der Waals surface area contributed by atoms with Crippen LogP contribution in [0.4, 0.5) is 0 Å². The largest absolute Gasteiger partial charge is 0.394 e. The quantitative estimate of drug-likeness (QED) is 0.758. The van der Waals surface area contributed by atoms with Gasteiger partial charge in [-0.1, -0.05) is 0 Å². The zero-order valence-electron chi connectivity index (χ0n) is 10.2. The average Bonchev–Trinajstić information content (AvgIpc) is 2.74. The van der Waals surface area contributed by atoms with Gasteiger partial charge in [-0.15, -0.1) is 0 Å². The number of nitrogens with zero attached hydrogens (tertiary/aromatic N) is 2. The zero-order chi connectivity index (χ0) is 13.0. The second kappa shape index (κ2) is 5.81. The summed E-state index contributed by atoms with van der Waals surface area (Å²) in [4.78, 5) is 0. The van der Waals surface area contributed by atoms with E-state index >= 15 is 0 Å². The molecule has 0 radical (unpaired) electrons. The van der Waals surface area contributed by atoms with Crippen LogP contribution in [0.15, 0.2) is 12.4 Å². The molecule has 1 aromatic heterocycles. The van der Waals surface area contributed by atoms with Crippen LogP contribution in [0, 0.1) is 0 Å². The van der Waals surface area contributed by atoms with E-state index in [-0.39, 0.29) is 18.4 Å². The van der Waals surface area contributed by atoms with Crippen molar-refractivity contribution in [1.82, 2.24) is 15.1 Å². The minimum absolute atomic E-state index is 0.0462. The van der Waals surface area contributed by atoms with Gasteiger partial charge in [0.25, 0.3) is 0 Å². The van der Waals surface area contributed by atoms with Crippen LogP contribution < -0.4 is 5.32 Å². The summed E-state index contributed by atoms with van der Waals surface area (Å²) in [7, 11) is -2.86. The zero-order valence-corrected chi connectivity index (χ0v) is 11.1. The molecule has 0 aliphatic carbocycles. The van der Waals surface area contributed by atoms with Gasteiger partial charge >= 0.3 is 0 Å². The molecule has 1 aromatic rings. The van der Waals surface area contributed by atoms with Gasteiger partial charge in [0.1, 0.15) is 0 Å². The van der Waals surface area contributed by atoms with Crippen molar-refractivity contribution in [3.05, 3.63) is 18.0 Å². The highest BCUT2D eigenvalue weighted by Gasteiger charge is 2.24. The van der Waals surface area contributed by atoms with Crippen LogP contribution in [-0.2, 0) is 22.9 Å². The molecule has 0 spiro atoms. The predicted molar refractivity (Wildman–Crippen MR) is 67.8 cm³/mol. The molecule has 0 amide bonds. The van der Waals surface area contributed by atoms with Crippen LogP contribution in [0.2, 0.25) is 0 Å². The highest BCUT2D eigenvalue weighted by molar-refractivity contribution is 7.91. The number of aliphatic hydroxyl groups excluding tert-OH is 1. The molecule has 1 fully saturated rings. The van der Waals surface area contributed by atoms with E-state index in [0.717, 1.165) is 18.4 Å². The lowest BCUT2D eigenvalue weighted by atomic mass is 10.2. The van der Waals surface area contributed by atoms with E-state index in [9.17, 15) is 8.42 Å². The second-order valence-corrected chi connectivity index (χ2v) is 6.90. The number of sulfone groups is 1. The van der Waals surface area contributed by atoms with Crippen molar-refractivity contribution >= 4 is 9.84 Å². The minimum atomic E-state index is -2.86. The second-order valence-electron chi connectivity index (χ2n) is 4.67. The standard InChI is InChI=1S/C11H19N3O3S/c15-4-3-14-8-10(7-13-14)6-12-11-2-1-5-18(16,17)9-11/h7-8,11-12,15H,1-6,9H2. The van der Waals surface area contributed by atoms with Crippen molar-refractivity contribution in [2.45, 2.75) is 32.0 Å². The van der Waals surface area contributed by atoms with Gasteiger partial charge in [-0.25, -0.2) is 8.42 Å². The monoisotopic (exact) mass is 273 g/mol. The minimum Gasteiger partial charge on any atom is -0.394 e. The summed E-state index contributed by atoms with van der Waals surface area (Å²) in [6.07, 6.45) is 5.24. The molecule has 1 saturated heterocycles. The van der Waals surface area contributed by atoms with E-state index < -0.39 is 9.84 Å². The third-order valence-corrected chi connectivity index (χ3v) is 4.89. The molecule has 0 bridgehead atoms. The summed E-state index contributed by atoms with van der Waals surface area (Å²) < 4.78 is 24.6. The van der Waals surface area contributed by atoms with Crippen molar-refractivity contribution in [3.8, 4) is 0 Å². The van der Waals surface area contributed by atoms with E-state index in [1.54, 1.807) is 10.9 Å². The van der Waals surface area contributed by atoms with E-state index in [1.807, 2.05) is 6.20 Å². The summed E-state index contributed by atoms with van der Waals surface area (Å²) in [6.45, 7) is 1.17. The van der Waals surface area contributed by atoms with Crippen LogP contribution >= 0.6 is 0 Å². The number of aliphatic hydroxyl groups is 1. The van der Waals surface area contributed by atoms with Crippen molar-refractivity contribution in [2.75, 3.05) is 18.1 Å². The lowest BCUT2D eigenvalue weighted by Gasteiger charge is -2.22. The first-order valence-electron chi connectivity index (χ1n) is 6.15. The third-order valence-electron chi connectivity index (χ3n) is 3.07. The highest BCUT2D eigenvalue weighted by atomic mass is 32.2. The fourth-order valence-electron chi connectivity index (χ4n) is 2.17. The van der Waals surface area contributed by atoms with E-state index in [4.69, 9.17) is 5.11 Å². The topological polar surface area (TPSA) is 84.2 Å². The molecule has 6 nitrogen and oxygen atoms in total. The summed E-state index contributed by atoms with van der Waals surface area (Å²) in [5.41, 5.74) is 1.01. The van der Waals surface area contributed by atoms with Crippen LogP contribution in [0.25, 0.3) is 0 Å². The van der Waals surface area contributed by atoms with Gasteiger partial charge in [0.2, 0.25) is 0 Å². The van der Waals surface area contributed by atoms with E-state index in [0.29, 0.717) is 18.8 Å². The molecule has 2 heterocycles. The van der Waals surface area contributed by atoms with Gasteiger partial charge < -0.3 is 10.4 Å². The molecule has 2 N–H and O–H groups in total. The van der Waals surface area contributed by atoms with Crippen molar-refractivity contribution in [1.29, 1.82) is 0 Å². The Balaban J connectivity index is 1.83. The van der Waals surface area contributed by atoms with Crippen LogP contribution in [0.5, 0.6) is 0 Å². The predicted octanol–water partition coefficient (Wildman–Crippen LogP) is -0.458. The van der Waals surface area contributed by atoms with Gasteiger partial charge in [-0.3, -0.25) is 4.68 Å². The van der Waals surface area contributed by atoms with Gasteiger partial charge in [0.05, 0.1) is 30.9 Å². The molecule has 1 aliphatic rings. The Bertz CT molecular complexity index is 483. The smallest absolute Gasteiger partial charge is 0.151 e. The van der Waals surface area contributed by atoms with Crippen LogP contribution in [0.1, 0.15) is 18.4 Å². The Hall–Kier alpha value is -0.920. The molecule has 102 valence electrons. The van der Waals surface area contributed by atoms with Gasteiger partial charge in [-0.05, 0) is 12.8 Å². The molecule has 7 heteroatoms. The van der Waals surface area contributed by atoms with Crippen LogP contribution in [-0.4, -0.2) is 47.5 Å². The Morgan fingerprint density at radius 3 is 3.11 bits per heavy atom. The first kappa shape index (κ1) is 13.5. The summed E-state index contributed by atoms with van der Waals surface area (Å²) in [6, 6.07) is 0.0462. The Morgan fingerprint density at radius 2 is 2.39 bits per heavy atom. The summed E-state index contributed by atoms with van der Waals surface area (Å²) in [5.74, 6) is 0.553. The first-order valence-corrected chi connectivity index (χ1v) is 7.97. The molecule has 1 unspecified atom stereocenters. The number of nitrogens with one attached hydrogen (secondary N) is 1. The van der Waals surface area contributed by atoms with E-state index in [2.05, 4.69) is 10.4 Å². The molecule has 1 atom stereocenters. The normalized spacial score (nSPS) is 23.1. The molecular formula is C11H19N3O3S. The molecule has 0 aromatic carbocycles. The molecule has 2 rings (SSSR count). The van der Waals surface area contributed by atoms with Gasteiger partial charge in [0, 0.05) is 24.3 Å². The maximum Gasteiger partial charge on any atom is 0.151 e. The lowest BCUT2D eigenvalue weighted by Crippen LogP contribution is -2.39. The Morgan fingerprint density at radius 1 is 1.56 bits per heavy atom. The molecule has 1 aliphatic heterocycles. The lowest BCUT2D eigenvalue weighted by molar-refractivity contribution is 0.269. The molecular weight excluding hydrogens is 254 g/mol. The van der Waals surface area contributed by atoms with E-state index in [1.165, 1.54) is 0 Å². The highest BCUT2D eigenvalue weighted by Crippen LogP contribution is 2.12. The molecule has 0 saturated carbocycles. The fraction of sp³-hybridized carbons (Fsp3) is 0.727. The maximum absolute atomic E-state index is 11.5. The number of hydrogen-bond donors (Lipinski definition) is 2. The third kappa shape index (κ3) is 3.79. The van der Waals surface area contributed by atoms with Crippen molar-refractivity contribution in [3.63, 3.8) is 0 Å². The fourth-order valence-corrected chi connectivity index (χ4v) is 3.84. The van der Waals surface area contributed by atoms with Crippen molar-refractivity contribution < 1.29 is 13.5 Å². The Kier molecular flexibility index (Phi) is 4.36. The number of hydrogen-bond acceptors (Lipinski definition) is 5. The molecule has 18 heavy (non-hydrogen) atoms. The average molecular weight is 273 g/mol. The number of rotatable bonds is 5. The van der Waals surface area contributed by atoms with Crippen LogP contribution in [0.3, 0.4) is 0 Å². The van der Waals surface area contributed by atoms with Gasteiger partial charge in [0.15, 0.2) is 9.84 Å². The Labute approximate surface area is 107 Å². The SMILES string of the molecule is O=S1(=O)CCCC(NCc2cnn(CCO)c2)C1. The van der Waals surface area contributed by atoms with Gasteiger partial charge in [-0.2, -0.15) is 5.10 Å². The summed E-state index contributed by atoms with van der Waals surface area (Å²) >= 11 is 0. The maximum atomic E-state index is 11.5. The summed E-state index contributed by atoms with van der Waals surface area (Å²) in [5, 5.41) is 16.1. The number of aromatic nitrogens is 2. The first-order chi connectivity index (χ1) is 8.59. The van der Waals surface area contributed by atoms with Crippen molar-refractivity contribution in [2.24, 2.45) is 0 Å².